The van der Waals surface area contributed by atoms with E-state index in [1.54, 1.807) is 0 Å². The molecule has 0 aromatic carbocycles. The van der Waals surface area contributed by atoms with E-state index in [1.807, 2.05) is 0 Å². The Hall–Kier alpha value is -3.85. The molecule has 0 bridgehead atoms. The van der Waals surface area contributed by atoms with Crippen molar-refractivity contribution in [2.75, 3.05) is 26.4 Å². The van der Waals surface area contributed by atoms with Crippen LogP contribution in [0.5, 0.6) is 0 Å². The van der Waals surface area contributed by atoms with Crippen LogP contribution in [0.1, 0.15) is 226 Å². The molecule has 0 spiro atoms. The van der Waals surface area contributed by atoms with Gasteiger partial charge in [0.25, 0.3) is 0 Å². The first kappa shape index (κ1) is 70.1. The van der Waals surface area contributed by atoms with Crippen LogP contribution >= 0.6 is 7.82 Å². The van der Waals surface area contributed by atoms with Gasteiger partial charge in [-0.05, 0) is 96.3 Å². The van der Waals surface area contributed by atoms with E-state index >= 15 is 0 Å². The van der Waals surface area contributed by atoms with Gasteiger partial charge >= 0.3 is 19.8 Å². The smallest absolute Gasteiger partial charge is 0.462 e. The van der Waals surface area contributed by atoms with Crippen LogP contribution in [0.4, 0.5) is 0 Å². The summed E-state index contributed by atoms with van der Waals surface area (Å²) in [6.45, 7) is 3.59. The average molecular weight is 1050 g/mol. The van der Waals surface area contributed by atoms with Gasteiger partial charge in [-0.3, -0.25) is 18.6 Å². The van der Waals surface area contributed by atoms with Gasteiger partial charge in [-0.25, -0.2) is 4.57 Å². The summed E-state index contributed by atoms with van der Waals surface area (Å²) in [5.74, 6) is -0.846. The molecule has 0 aliphatic heterocycles. The van der Waals surface area contributed by atoms with Gasteiger partial charge in [0, 0.05) is 19.4 Å². The molecule has 10 heteroatoms. The number of esters is 2. The van der Waals surface area contributed by atoms with Crippen LogP contribution in [0.3, 0.4) is 0 Å². The Morgan fingerprint density at radius 3 is 1.11 bits per heavy atom. The van der Waals surface area contributed by atoms with E-state index in [0.29, 0.717) is 6.42 Å². The number of rotatable bonds is 53. The summed E-state index contributed by atoms with van der Waals surface area (Å²) in [5.41, 5.74) is 5.37. The second-order valence-corrected chi connectivity index (χ2v) is 20.2. The second-order valence-electron chi connectivity index (χ2n) is 18.8. The summed E-state index contributed by atoms with van der Waals surface area (Å²) >= 11 is 0. The monoisotopic (exact) mass is 1050 g/mol. The zero-order valence-corrected chi connectivity index (χ0v) is 47.7. The molecule has 9 nitrogen and oxygen atoms in total. The van der Waals surface area contributed by atoms with Gasteiger partial charge in [-0.2, -0.15) is 0 Å². The Bertz CT molecular complexity index is 1670. The lowest BCUT2D eigenvalue weighted by Gasteiger charge is -2.19. The molecule has 0 radical (unpaired) electrons. The fourth-order valence-corrected chi connectivity index (χ4v) is 8.29. The van der Waals surface area contributed by atoms with Gasteiger partial charge in [0.2, 0.25) is 0 Å². The van der Waals surface area contributed by atoms with E-state index in [4.69, 9.17) is 24.3 Å². The van der Waals surface area contributed by atoms with E-state index in [1.165, 1.54) is 77.0 Å². The van der Waals surface area contributed by atoms with Crippen molar-refractivity contribution >= 4 is 19.8 Å². The summed E-state index contributed by atoms with van der Waals surface area (Å²) in [5, 5.41) is 0. The van der Waals surface area contributed by atoms with Gasteiger partial charge in [0.1, 0.15) is 6.61 Å². The fourth-order valence-electron chi connectivity index (χ4n) is 7.52. The summed E-state index contributed by atoms with van der Waals surface area (Å²) in [6.07, 6.45) is 82.3. The lowest BCUT2D eigenvalue weighted by atomic mass is 10.0. The molecule has 0 rings (SSSR count). The Morgan fingerprint density at radius 2 is 0.743 bits per heavy atom. The topological polar surface area (TPSA) is 134 Å². The SMILES string of the molecule is CC/C=C\C/C=C\C/C=C\C/C=C\C/C=C\C/C=C\C/C=C\C/C=C\C/C=C\C/C=C\C/C=C\CCCCCCCCCC(=O)OC(COC(=O)CCCCCCCCCCCCCC)COP(=O)(O)OCCN. The summed E-state index contributed by atoms with van der Waals surface area (Å²) < 4.78 is 32.9. The Balaban J connectivity index is 3.98. The Morgan fingerprint density at radius 1 is 0.419 bits per heavy atom. The van der Waals surface area contributed by atoms with Crippen LogP contribution in [-0.2, 0) is 32.7 Å². The Kier molecular flexibility index (Phi) is 55.4. The van der Waals surface area contributed by atoms with Crippen molar-refractivity contribution in [2.24, 2.45) is 5.73 Å². The minimum absolute atomic E-state index is 0.0465. The molecule has 0 amide bonds. The minimum atomic E-state index is -4.39. The molecule has 420 valence electrons. The third kappa shape index (κ3) is 57.4. The number of carbonyl (C=O) groups is 2. The van der Waals surface area contributed by atoms with Crippen LogP contribution in [0.2, 0.25) is 0 Å². The standard InChI is InChI=1S/C64H106NO8P/c1-3-5-7-9-11-13-15-17-18-19-20-21-22-23-24-25-26-27-28-29-30-31-32-33-34-35-36-37-38-39-40-41-42-43-44-45-47-49-51-53-55-57-64(67)73-62(61-72-74(68,69)71-59-58-65)60-70-63(66)56-54-52-50-48-46-16-14-12-10-8-6-4-2/h5,7,11,13,17-18,20-21,23-24,26-27,29-30,32-33,35-36,38-39,41-42,62H,3-4,6,8-10,12,14-16,19,22,25,28,31,34,37,40,43-61,65H2,1-2H3,(H,68,69)/b7-5-,13-11-,18-17-,21-20-,24-23-,27-26-,30-29-,33-32-,36-35-,39-38-,42-41-. The molecule has 0 heterocycles. The third-order valence-electron chi connectivity index (χ3n) is 11.8. The molecule has 0 fully saturated rings. The first-order valence-corrected chi connectivity index (χ1v) is 30.7. The first-order chi connectivity index (χ1) is 36.3. The number of phosphoric acid groups is 1. The lowest BCUT2D eigenvalue weighted by molar-refractivity contribution is -0.161. The maximum Gasteiger partial charge on any atom is 0.472 e. The molecular formula is C64H106NO8P. The van der Waals surface area contributed by atoms with Crippen molar-refractivity contribution in [2.45, 2.75) is 232 Å². The number of unbranched alkanes of at least 4 members (excludes halogenated alkanes) is 18. The highest BCUT2D eigenvalue weighted by Gasteiger charge is 2.26. The number of phosphoric ester groups is 1. The molecule has 0 aromatic rings. The highest BCUT2D eigenvalue weighted by atomic mass is 31.2. The number of hydrogen-bond acceptors (Lipinski definition) is 8. The second kappa shape index (κ2) is 58.4. The van der Waals surface area contributed by atoms with Crippen LogP contribution in [0.25, 0.3) is 0 Å². The molecule has 2 atom stereocenters. The Labute approximate surface area is 453 Å². The van der Waals surface area contributed by atoms with Crippen LogP contribution in [-0.4, -0.2) is 49.3 Å². The zero-order chi connectivity index (χ0) is 53.8. The van der Waals surface area contributed by atoms with Gasteiger partial charge in [-0.15, -0.1) is 0 Å². The minimum Gasteiger partial charge on any atom is -0.462 e. The van der Waals surface area contributed by atoms with Crippen molar-refractivity contribution in [1.82, 2.24) is 0 Å². The zero-order valence-electron chi connectivity index (χ0n) is 46.8. The fraction of sp³-hybridized carbons (Fsp3) is 0.625. The van der Waals surface area contributed by atoms with Gasteiger partial charge in [-0.1, -0.05) is 250 Å². The highest BCUT2D eigenvalue weighted by molar-refractivity contribution is 7.47. The van der Waals surface area contributed by atoms with Crippen molar-refractivity contribution in [3.63, 3.8) is 0 Å². The first-order valence-electron chi connectivity index (χ1n) is 29.2. The van der Waals surface area contributed by atoms with Crippen LogP contribution < -0.4 is 5.73 Å². The van der Waals surface area contributed by atoms with Crippen molar-refractivity contribution in [3.8, 4) is 0 Å². The third-order valence-corrected chi connectivity index (χ3v) is 12.8. The van der Waals surface area contributed by atoms with E-state index in [-0.39, 0.29) is 38.6 Å². The number of nitrogens with two attached hydrogens (primary N) is 1. The van der Waals surface area contributed by atoms with E-state index in [2.05, 4.69) is 148 Å². The van der Waals surface area contributed by atoms with E-state index in [9.17, 15) is 19.0 Å². The summed E-state index contributed by atoms with van der Waals surface area (Å²) in [6, 6.07) is 0. The average Bonchev–Trinajstić information content (AvgIpc) is 3.39. The predicted molar refractivity (Wildman–Crippen MR) is 316 cm³/mol. The highest BCUT2D eigenvalue weighted by Crippen LogP contribution is 2.43. The molecule has 0 saturated carbocycles. The molecule has 0 aromatic heterocycles. The number of hydrogen-bond donors (Lipinski definition) is 2. The molecular weight excluding hydrogens is 942 g/mol. The largest absolute Gasteiger partial charge is 0.472 e. The van der Waals surface area contributed by atoms with Gasteiger partial charge < -0.3 is 20.1 Å². The maximum atomic E-state index is 12.7. The lowest BCUT2D eigenvalue weighted by Crippen LogP contribution is -2.29. The number of ether oxygens (including phenoxy) is 2. The molecule has 0 aliphatic rings. The molecule has 2 unspecified atom stereocenters. The van der Waals surface area contributed by atoms with Crippen LogP contribution in [0.15, 0.2) is 134 Å². The van der Waals surface area contributed by atoms with Crippen LogP contribution in [0, 0.1) is 0 Å². The molecule has 0 aliphatic carbocycles. The maximum absolute atomic E-state index is 12.7. The van der Waals surface area contributed by atoms with Gasteiger partial charge in [0.05, 0.1) is 13.2 Å². The quantitative estimate of drug-likeness (QED) is 0.0264. The van der Waals surface area contributed by atoms with Crippen molar-refractivity contribution < 1.29 is 37.6 Å². The summed E-state index contributed by atoms with van der Waals surface area (Å²) in [4.78, 5) is 35.0. The molecule has 3 N–H and O–H groups in total. The normalized spacial score (nSPS) is 14.1. The predicted octanol–water partition coefficient (Wildman–Crippen LogP) is 18.6. The molecule has 0 saturated heterocycles. The van der Waals surface area contributed by atoms with Crippen molar-refractivity contribution in [3.05, 3.63) is 134 Å². The van der Waals surface area contributed by atoms with E-state index < -0.39 is 26.5 Å². The van der Waals surface area contributed by atoms with E-state index in [0.717, 1.165) is 116 Å². The summed E-state index contributed by atoms with van der Waals surface area (Å²) in [7, 11) is -4.39. The number of allylic oxidation sites excluding steroid dienone is 22. The van der Waals surface area contributed by atoms with Crippen molar-refractivity contribution in [1.29, 1.82) is 0 Å². The van der Waals surface area contributed by atoms with Gasteiger partial charge in [0.15, 0.2) is 6.10 Å². The molecule has 74 heavy (non-hydrogen) atoms. The number of carbonyl (C=O) groups excluding carboxylic acids is 2.